The van der Waals surface area contributed by atoms with E-state index in [-0.39, 0.29) is 18.0 Å². The normalized spacial score (nSPS) is 19.0. The third-order valence-corrected chi connectivity index (χ3v) is 5.93. The molecule has 2 saturated heterocycles. The van der Waals surface area contributed by atoms with Gasteiger partial charge in [-0.2, -0.15) is 4.98 Å². The summed E-state index contributed by atoms with van der Waals surface area (Å²) in [7, 11) is 0. The van der Waals surface area contributed by atoms with Crippen LogP contribution in [0.15, 0.2) is 34.9 Å². The van der Waals surface area contributed by atoms with E-state index < -0.39 is 0 Å². The predicted molar refractivity (Wildman–Crippen MR) is 116 cm³/mol. The number of aromatic nitrogens is 2. The number of anilines is 1. The van der Waals surface area contributed by atoms with Crippen LogP contribution < -0.4 is 10.2 Å². The number of nitrogens with one attached hydrogen (secondary N) is 1. The zero-order chi connectivity index (χ0) is 21.6. The second-order valence-corrected chi connectivity index (χ2v) is 7.94. The lowest BCUT2D eigenvalue weighted by Gasteiger charge is -2.36. The quantitative estimate of drug-likeness (QED) is 0.761. The number of amides is 3. The molecule has 3 amide bonds. The minimum Gasteiger partial charge on any atom is -0.368 e. The zero-order valence-electron chi connectivity index (χ0n) is 18.0. The Bertz CT molecular complexity index is 878. The second-order valence-electron chi connectivity index (χ2n) is 7.94. The Morgan fingerprint density at radius 2 is 1.90 bits per heavy atom. The first-order valence-electron chi connectivity index (χ1n) is 11.1. The highest BCUT2D eigenvalue weighted by Crippen LogP contribution is 2.30. The molecule has 1 aromatic heterocycles. The summed E-state index contributed by atoms with van der Waals surface area (Å²) in [5.74, 6) is 1.09. The molecule has 4 rings (SSSR count). The summed E-state index contributed by atoms with van der Waals surface area (Å²) in [5.41, 5.74) is 1.20. The molecular weight excluding hydrogens is 396 g/mol. The maximum absolute atomic E-state index is 12.6. The van der Waals surface area contributed by atoms with Crippen molar-refractivity contribution in [2.24, 2.45) is 0 Å². The molecule has 0 bridgehead atoms. The fraction of sp³-hybridized carbons (Fsp3) is 0.545. The molecular formula is C22H30N6O3. The zero-order valence-corrected chi connectivity index (χ0v) is 18.0. The van der Waals surface area contributed by atoms with E-state index in [9.17, 15) is 9.59 Å². The van der Waals surface area contributed by atoms with Gasteiger partial charge in [0.2, 0.25) is 11.8 Å². The lowest BCUT2D eigenvalue weighted by molar-refractivity contribution is -0.131. The van der Waals surface area contributed by atoms with Crippen molar-refractivity contribution in [2.75, 3.05) is 44.2 Å². The number of aryl methyl sites for hydroxylation is 1. The predicted octanol–water partition coefficient (Wildman–Crippen LogP) is 2.22. The van der Waals surface area contributed by atoms with Crippen LogP contribution in [0, 0.1) is 0 Å². The average Bonchev–Trinajstić information content (AvgIpc) is 3.48. The number of hydrogen-bond donors (Lipinski definition) is 1. The van der Waals surface area contributed by atoms with Crippen molar-refractivity contribution in [2.45, 2.75) is 38.6 Å². The van der Waals surface area contributed by atoms with Crippen LogP contribution in [0.5, 0.6) is 0 Å². The third kappa shape index (κ3) is 4.98. The summed E-state index contributed by atoms with van der Waals surface area (Å²) in [4.78, 5) is 35.3. The van der Waals surface area contributed by atoms with Gasteiger partial charge in [-0.05, 0) is 31.9 Å². The molecule has 1 aromatic carbocycles. The van der Waals surface area contributed by atoms with E-state index in [1.165, 1.54) is 5.69 Å². The van der Waals surface area contributed by atoms with Gasteiger partial charge in [-0.1, -0.05) is 23.4 Å². The minimum absolute atomic E-state index is 0.0961. The molecule has 1 N–H and O–H groups in total. The summed E-state index contributed by atoms with van der Waals surface area (Å²) in [5, 5.41) is 6.92. The Morgan fingerprint density at radius 1 is 1.13 bits per heavy atom. The number of rotatable bonds is 6. The van der Waals surface area contributed by atoms with Crippen LogP contribution >= 0.6 is 0 Å². The standard InChI is InChI=1S/C22H30N6O3/c1-2-23-22(30)28-12-6-9-18(28)21-24-19(31-25-21)10-11-20(29)27-15-13-26(14-16-27)17-7-4-3-5-8-17/h3-5,7-8,18H,2,6,9-16H2,1H3,(H,23,30). The van der Waals surface area contributed by atoms with Gasteiger partial charge in [0.1, 0.15) is 0 Å². The molecule has 2 aromatic rings. The Labute approximate surface area is 182 Å². The lowest BCUT2D eigenvalue weighted by atomic mass is 10.2. The Morgan fingerprint density at radius 3 is 2.65 bits per heavy atom. The topological polar surface area (TPSA) is 94.8 Å². The fourth-order valence-electron chi connectivity index (χ4n) is 4.26. The highest BCUT2D eigenvalue weighted by molar-refractivity contribution is 5.76. The van der Waals surface area contributed by atoms with Crippen LogP contribution in [0.3, 0.4) is 0 Å². The molecule has 0 spiro atoms. The Kier molecular flexibility index (Phi) is 6.69. The van der Waals surface area contributed by atoms with Crippen molar-refractivity contribution in [3.63, 3.8) is 0 Å². The van der Waals surface area contributed by atoms with Gasteiger partial charge < -0.3 is 24.5 Å². The van der Waals surface area contributed by atoms with Crippen molar-refractivity contribution < 1.29 is 14.1 Å². The number of benzene rings is 1. The number of carbonyl (C=O) groups excluding carboxylic acids is 2. The largest absolute Gasteiger partial charge is 0.368 e. The van der Waals surface area contributed by atoms with E-state index >= 15 is 0 Å². The Hall–Kier alpha value is -3.10. The van der Waals surface area contributed by atoms with E-state index in [0.717, 1.165) is 25.9 Å². The monoisotopic (exact) mass is 426 g/mol. The molecule has 2 fully saturated rings. The second kappa shape index (κ2) is 9.80. The summed E-state index contributed by atoms with van der Waals surface area (Å²) in [6, 6.07) is 10.0. The number of piperazine rings is 1. The minimum atomic E-state index is -0.161. The third-order valence-electron chi connectivity index (χ3n) is 5.93. The molecule has 9 heteroatoms. The molecule has 1 unspecified atom stereocenters. The molecule has 9 nitrogen and oxygen atoms in total. The SMILES string of the molecule is CCNC(=O)N1CCCC1c1noc(CCC(=O)N2CCN(c3ccccc3)CC2)n1. The summed E-state index contributed by atoms with van der Waals surface area (Å²) < 4.78 is 5.38. The molecule has 166 valence electrons. The van der Waals surface area contributed by atoms with Crippen molar-refractivity contribution in [1.82, 2.24) is 25.3 Å². The number of urea groups is 1. The molecule has 2 aliphatic rings. The van der Waals surface area contributed by atoms with Gasteiger partial charge >= 0.3 is 6.03 Å². The summed E-state index contributed by atoms with van der Waals surface area (Å²) in [6.07, 6.45) is 2.50. The molecule has 2 aliphatic heterocycles. The maximum atomic E-state index is 12.6. The first kappa shape index (κ1) is 21.1. The van der Waals surface area contributed by atoms with Crippen molar-refractivity contribution in [1.29, 1.82) is 0 Å². The van der Waals surface area contributed by atoms with Gasteiger partial charge in [0.25, 0.3) is 0 Å². The van der Waals surface area contributed by atoms with Crippen LogP contribution in [-0.4, -0.2) is 71.1 Å². The van der Waals surface area contributed by atoms with Crippen molar-refractivity contribution in [3.05, 3.63) is 42.0 Å². The van der Waals surface area contributed by atoms with Crippen LogP contribution in [0.25, 0.3) is 0 Å². The van der Waals surface area contributed by atoms with Gasteiger partial charge in [-0.3, -0.25) is 4.79 Å². The molecule has 0 radical (unpaired) electrons. The van der Waals surface area contributed by atoms with Crippen LogP contribution in [0.2, 0.25) is 0 Å². The van der Waals surface area contributed by atoms with Crippen molar-refractivity contribution >= 4 is 17.6 Å². The molecule has 1 atom stereocenters. The van der Waals surface area contributed by atoms with Gasteiger partial charge in [0.15, 0.2) is 5.82 Å². The number of hydrogen-bond acceptors (Lipinski definition) is 6. The fourth-order valence-corrected chi connectivity index (χ4v) is 4.26. The van der Waals surface area contributed by atoms with Gasteiger partial charge in [0.05, 0.1) is 6.04 Å². The molecule has 3 heterocycles. The van der Waals surface area contributed by atoms with E-state index in [0.29, 0.717) is 50.7 Å². The first-order chi connectivity index (χ1) is 15.2. The van der Waals surface area contributed by atoms with Crippen LogP contribution in [0.4, 0.5) is 10.5 Å². The van der Waals surface area contributed by atoms with Crippen molar-refractivity contribution in [3.8, 4) is 0 Å². The van der Waals surface area contributed by atoms with E-state index in [1.54, 1.807) is 4.90 Å². The van der Waals surface area contributed by atoms with E-state index in [2.05, 4.69) is 32.5 Å². The van der Waals surface area contributed by atoms with Crippen LogP contribution in [-0.2, 0) is 11.2 Å². The highest BCUT2D eigenvalue weighted by Gasteiger charge is 2.33. The Balaban J connectivity index is 1.26. The van der Waals surface area contributed by atoms with Gasteiger partial charge in [-0.25, -0.2) is 4.79 Å². The average molecular weight is 427 g/mol. The van der Waals surface area contributed by atoms with Crippen LogP contribution in [0.1, 0.15) is 43.9 Å². The highest BCUT2D eigenvalue weighted by atomic mass is 16.5. The van der Waals surface area contributed by atoms with Gasteiger partial charge in [-0.15, -0.1) is 0 Å². The van der Waals surface area contributed by atoms with Gasteiger partial charge in [0, 0.05) is 57.8 Å². The number of para-hydroxylation sites is 1. The molecule has 0 saturated carbocycles. The van der Waals surface area contributed by atoms with E-state index in [4.69, 9.17) is 4.52 Å². The lowest BCUT2D eigenvalue weighted by Crippen LogP contribution is -2.48. The molecule has 31 heavy (non-hydrogen) atoms. The number of likely N-dealkylation sites (tertiary alicyclic amines) is 1. The number of nitrogens with zero attached hydrogens (tertiary/aromatic N) is 5. The first-order valence-corrected chi connectivity index (χ1v) is 11.1. The number of carbonyl (C=O) groups is 2. The molecule has 0 aliphatic carbocycles. The van der Waals surface area contributed by atoms with E-state index in [1.807, 2.05) is 30.0 Å². The maximum Gasteiger partial charge on any atom is 0.318 e. The summed E-state index contributed by atoms with van der Waals surface area (Å²) >= 11 is 0. The smallest absolute Gasteiger partial charge is 0.318 e. The summed E-state index contributed by atoms with van der Waals surface area (Å²) in [6.45, 7) is 6.26.